The number of aliphatic hydroxyl groups excluding tert-OH is 1. The highest BCUT2D eigenvalue weighted by molar-refractivity contribution is 5.70. The van der Waals surface area contributed by atoms with Gasteiger partial charge in [-0.15, -0.1) is 0 Å². The first-order chi connectivity index (χ1) is 11.5. The third kappa shape index (κ3) is 5.21. The first kappa shape index (κ1) is 18.7. The maximum atomic E-state index is 11.5. The van der Waals surface area contributed by atoms with Crippen LogP contribution in [0.2, 0.25) is 0 Å². The van der Waals surface area contributed by atoms with Crippen LogP contribution in [-0.4, -0.2) is 37.0 Å². The van der Waals surface area contributed by atoms with Crippen LogP contribution in [0.25, 0.3) is 0 Å². The average Bonchev–Trinajstić information content (AvgIpc) is 2.60. The molecule has 0 aliphatic carbocycles. The van der Waals surface area contributed by atoms with Crippen molar-refractivity contribution in [3.05, 3.63) is 29.8 Å². The number of hydrogen-bond donors (Lipinski definition) is 1. The van der Waals surface area contributed by atoms with Gasteiger partial charge in [-0.3, -0.25) is 4.79 Å². The number of ether oxygens (including phenoxy) is 3. The summed E-state index contributed by atoms with van der Waals surface area (Å²) in [6, 6.07) is 7.71. The molecule has 1 fully saturated rings. The van der Waals surface area contributed by atoms with Crippen LogP contribution in [-0.2, 0) is 20.9 Å². The van der Waals surface area contributed by atoms with E-state index in [-0.39, 0.29) is 23.9 Å². The van der Waals surface area contributed by atoms with Crippen molar-refractivity contribution in [3.8, 4) is 5.75 Å². The molecule has 2 rings (SSSR count). The minimum atomic E-state index is -0.542. The molecular formula is C19H28O5. The van der Waals surface area contributed by atoms with E-state index in [4.69, 9.17) is 14.2 Å². The number of rotatable bonds is 8. The molecule has 0 saturated carbocycles. The van der Waals surface area contributed by atoms with E-state index >= 15 is 0 Å². The Bertz CT molecular complexity index is 513. The predicted molar refractivity (Wildman–Crippen MR) is 90.7 cm³/mol. The minimum absolute atomic E-state index is 0.0890. The van der Waals surface area contributed by atoms with Crippen LogP contribution in [0.1, 0.15) is 38.7 Å². The van der Waals surface area contributed by atoms with E-state index in [1.165, 1.54) is 0 Å². The van der Waals surface area contributed by atoms with E-state index in [0.717, 1.165) is 17.7 Å². The molecule has 0 amide bonds. The van der Waals surface area contributed by atoms with Crippen LogP contribution in [0.4, 0.5) is 0 Å². The van der Waals surface area contributed by atoms with Gasteiger partial charge in [-0.25, -0.2) is 0 Å². The van der Waals surface area contributed by atoms with Gasteiger partial charge in [0.1, 0.15) is 11.9 Å². The summed E-state index contributed by atoms with van der Waals surface area (Å²) < 4.78 is 16.2. The number of esters is 1. The molecule has 1 aromatic rings. The summed E-state index contributed by atoms with van der Waals surface area (Å²) in [4.78, 5) is 11.5. The Morgan fingerprint density at radius 2 is 2.04 bits per heavy atom. The molecule has 5 heteroatoms. The average molecular weight is 336 g/mol. The molecule has 1 N–H and O–H groups in total. The van der Waals surface area contributed by atoms with Gasteiger partial charge >= 0.3 is 5.97 Å². The predicted octanol–water partition coefficient (Wildman–Crippen LogP) is 2.94. The molecule has 1 aliphatic heterocycles. The van der Waals surface area contributed by atoms with E-state index in [1.807, 2.05) is 31.2 Å². The summed E-state index contributed by atoms with van der Waals surface area (Å²) in [6.07, 6.45) is 1.08. The number of hydrogen-bond acceptors (Lipinski definition) is 5. The van der Waals surface area contributed by atoms with Gasteiger partial charge in [0.15, 0.2) is 0 Å². The Hall–Kier alpha value is -1.59. The molecule has 0 unspecified atom stereocenters. The van der Waals surface area contributed by atoms with E-state index in [2.05, 4.69) is 6.92 Å². The van der Waals surface area contributed by atoms with Crippen molar-refractivity contribution in [1.29, 1.82) is 0 Å². The molecule has 0 bridgehead atoms. The summed E-state index contributed by atoms with van der Waals surface area (Å²) in [7, 11) is 1.64. The number of carbonyl (C=O) groups is 1. The van der Waals surface area contributed by atoms with Gasteiger partial charge in [0.2, 0.25) is 0 Å². The SMILES string of the molecule is COc1ccc(COCC[C@H](O)[C@@H](C)[C@H]2OC(=O)CC[C@H]2C)cc1. The van der Waals surface area contributed by atoms with Crippen molar-refractivity contribution in [2.45, 2.75) is 51.9 Å². The summed E-state index contributed by atoms with van der Waals surface area (Å²) in [5.74, 6) is 0.855. The number of cyclic esters (lactones) is 1. The van der Waals surface area contributed by atoms with Gasteiger partial charge in [-0.2, -0.15) is 0 Å². The molecule has 0 spiro atoms. The second-order valence-corrected chi connectivity index (χ2v) is 6.59. The zero-order valence-corrected chi connectivity index (χ0v) is 14.7. The lowest BCUT2D eigenvalue weighted by Crippen LogP contribution is -2.41. The monoisotopic (exact) mass is 336 g/mol. The number of carbonyl (C=O) groups excluding carboxylic acids is 1. The lowest BCUT2D eigenvalue weighted by atomic mass is 9.84. The minimum Gasteiger partial charge on any atom is -0.497 e. The van der Waals surface area contributed by atoms with Crippen molar-refractivity contribution >= 4 is 5.97 Å². The molecule has 4 atom stereocenters. The third-order valence-corrected chi connectivity index (χ3v) is 4.74. The Morgan fingerprint density at radius 3 is 2.71 bits per heavy atom. The summed E-state index contributed by atoms with van der Waals surface area (Å²) >= 11 is 0. The molecule has 1 aromatic carbocycles. The fraction of sp³-hybridized carbons (Fsp3) is 0.632. The van der Waals surface area contributed by atoms with Gasteiger partial charge in [0.25, 0.3) is 0 Å². The number of methoxy groups -OCH3 is 1. The Morgan fingerprint density at radius 1 is 1.33 bits per heavy atom. The highest BCUT2D eigenvalue weighted by Crippen LogP contribution is 2.29. The largest absolute Gasteiger partial charge is 0.497 e. The standard InChI is InChI=1S/C19H28O5/c1-13-4-9-18(21)24-19(13)14(2)17(20)10-11-23-12-15-5-7-16(22-3)8-6-15/h5-8,13-14,17,19-20H,4,9-12H2,1-3H3/t13-,14-,17+,19+/m1/s1. The lowest BCUT2D eigenvalue weighted by molar-refractivity contribution is -0.165. The molecule has 1 aliphatic rings. The molecule has 134 valence electrons. The lowest BCUT2D eigenvalue weighted by Gasteiger charge is -2.35. The molecular weight excluding hydrogens is 308 g/mol. The normalized spacial score (nSPS) is 23.4. The number of benzene rings is 1. The van der Waals surface area contributed by atoms with Gasteiger partial charge in [0.05, 0.1) is 19.8 Å². The molecule has 0 aromatic heterocycles. The van der Waals surface area contributed by atoms with Crippen molar-refractivity contribution < 1.29 is 24.1 Å². The highest BCUT2D eigenvalue weighted by Gasteiger charge is 2.35. The van der Waals surface area contributed by atoms with Gasteiger partial charge in [-0.1, -0.05) is 26.0 Å². The quantitative estimate of drug-likeness (QED) is 0.584. The van der Waals surface area contributed by atoms with Crippen molar-refractivity contribution in [2.24, 2.45) is 11.8 Å². The maximum absolute atomic E-state index is 11.5. The summed E-state index contributed by atoms with van der Waals surface area (Å²) in [5.41, 5.74) is 1.06. The Balaban J connectivity index is 1.71. The first-order valence-corrected chi connectivity index (χ1v) is 8.59. The van der Waals surface area contributed by atoms with Crippen LogP contribution in [0.15, 0.2) is 24.3 Å². The molecule has 5 nitrogen and oxygen atoms in total. The van der Waals surface area contributed by atoms with E-state index < -0.39 is 6.10 Å². The zero-order valence-electron chi connectivity index (χ0n) is 14.7. The zero-order chi connectivity index (χ0) is 17.5. The first-order valence-electron chi connectivity index (χ1n) is 8.59. The second kappa shape index (κ2) is 9.04. The highest BCUT2D eigenvalue weighted by atomic mass is 16.5. The Labute approximate surface area is 143 Å². The van der Waals surface area contributed by atoms with E-state index in [1.54, 1.807) is 7.11 Å². The van der Waals surface area contributed by atoms with Crippen molar-refractivity contribution in [3.63, 3.8) is 0 Å². The van der Waals surface area contributed by atoms with E-state index in [9.17, 15) is 9.90 Å². The topological polar surface area (TPSA) is 65.0 Å². The van der Waals surface area contributed by atoms with Crippen molar-refractivity contribution in [1.82, 2.24) is 0 Å². The molecule has 1 heterocycles. The van der Waals surface area contributed by atoms with E-state index in [0.29, 0.717) is 26.1 Å². The molecule has 24 heavy (non-hydrogen) atoms. The third-order valence-electron chi connectivity index (χ3n) is 4.74. The smallest absolute Gasteiger partial charge is 0.306 e. The second-order valence-electron chi connectivity index (χ2n) is 6.59. The summed E-state index contributed by atoms with van der Waals surface area (Å²) in [5, 5.41) is 10.4. The van der Waals surface area contributed by atoms with Crippen molar-refractivity contribution in [2.75, 3.05) is 13.7 Å². The van der Waals surface area contributed by atoms with Crippen LogP contribution >= 0.6 is 0 Å². The fourth-order valence-corrected chi connectivity index (χ4v) is 3.06. The van der Waals surface area contributed by atoms with Crippen LogP contribution in [0.3, 0.4) is 0 Å². The number of aliphatic hydroxyl groups is 1. The van der Waals surface area contributed by atoms with Crippen LogP contribution in [0, 0.1) is 11.8 Å². The fourth-order valence-electron chi connectivity index (χ4n) is 3.06. The van der Waals surface area contributed by atoms with Crippen LogP contribution < -0.4 is 4.74 Å². The van der Waals surface area contributed by atoms with Gasteiger partial charge < -0.3 is 19.3 Å². The molecule has 0 radical (unpaired) electrons. The maximum Gasteiger partial charge on any atom is 0.306 e. The van der Waals surface area contributed by atoms with Crippen LogP contribution in [0.5, 0.6) is 5.75 Å². The summed E-state index contributed by atoms with van der Waals surface area (Å²) in [6.45, 7) is 4.97. The Kier molecular flexibility index (Phi) is 7.06. The van der Waals surface area contributed by atoms with Gasteiger partial charge in [0, 0.05) is 18.9 Å². The van der Waals surface area contributed by atoms with Gasteiger partial charge in [-0.05, 0) is 36.5 Å². The molecule has 1 saturated heterocycles.